The third-order valence-electron chi connectivity index (χ3n) is 3.42. The lowest BCUT2D eigenvalue weighted by molar-refractivity contribution is 0.262. The molecule has 2 N–H and O–H groups in total. The number of pyridine rings is 1. The van der Waals surface area contributed by atoms with Gasteiger partial charge < -0.3 is 10.6 Å². The Morgan fingerprint density at radius 1 is 1.10 bits per heavy atom. The average Bonchev–Trinajstić information content (AvgIpc) is 2.49. The summed E-state index contributed by atoms with van der Waals surface area (Å²) >= 11 is 0. The van der Waals surface area contributed by atoms with Crippen LogP contribution in [0.2, 0.25) is 0 Å². The Morgan fingerprint density at radius 3 is 2.52 bits per heavy atom. The lowest BCUT2D eigenvalue weighted by atomic mass is 10.0. The van der Waals surface area contributed by atoms with Crippen LogP contribution >= 0.6 is 0 Å². The number of carbonyl (C=O) groups excluding carboxylic acids is 1. The van der Waals surface area contributed by atoms with E-state index in [0.29, 0.717) is 5.69 Å². The number of nitrogens with zero attached hydrogens (tertiary/aromatic N) is 1. The van der Waals surface area contributed by atoms with Gasteiger partial charge in [0.05, 0.1) is 11.9 Å². The smallest absolute Gasteiger partial charge is 0.307 e. The lowest BCUT2D eigenvalue weighted by Gasteiger charge is -2.14. The number of anilines is 2. The van der Waals surface area contributed by atoms with Crippen molar-refractivity contribution in [1.29, 1.82) is 0 Å². The number of benzene rings is 1. The van der Waals surface area contributed by atoms with E-state index in [4.69, 9.17) is 0 Å². The van der Waals surface area contributed by atoms with Crippen LogP contribution in [-0.2, 0) is 12.8 Å². The van der Waals surface area contributed by atoms with Gasteiger partial charge in [-0.3, -0.25) is 4.98 Å². The fraction of sp³-hybridized carbons (Fsp3) is 0.294. The number of aryl methyl sites for hydroxylation is 2. The predicted molar refractivity (Wildman–Crippen MR) is 86.8 cm³/mol. The van der Waals surface area contributed by atoms with Crippen molar-refractivity contribution in [3.63, 3.8) is 0 Å². The Kier molecular flexibility index (Phi) is 4.93. The Labute approximate surface area is 125 Å². The van der Waals surface area contributed by atoms with Crippen LogP contribution in [0.15, 0.2) is 36.5 Å². The highest BCUT2D eigenvalue weighted by Crippen LogP contribution is 2.21. The van der Waals surface area contributed by atoms with Gasteiger partial charge in [-0.15, -0.1) is 0 Å². The minimum absolute atomic E-state index is 0.247. The molecule has 0 unspecified atom stereocenters. The summed E-state index contributed by atoms with van der Waals surface area (Å²) in [5.41, 5.74) is 4.94. The molecule has 0 saturated heterocycles. The van der Waals surface area contributed by atoms with Crippen molar-refractivity contribution in [2.24, 2.45) is 0 Å². The first-order valence-corrected chi connectivity index (χ1v) is 7.25. The van der Waals surface area contributed by atoms with Gasteiger partial charge in [0.1, 0.15) is 0 Å². The van der Waals surface area contributed by atoms with Crippen LogP contribution in [0.3, 0.4) is 0 Å². The molecule has 2 rings (SSSR count). The van der Waals surface area contributed by atoms with E-state index >= 15 is 0 Å². The standard InChI is InChI=1S/C17H21N3O/c1-4-13-7-6-8-16(15(13)5-2)20-17(21)19-14-10-9-12(3)18-11-14/h6-11H,4-5H2,1-3H3,(H2,19,20,21). The zero-order chi connectivity index (χ0) is 15.2. The maximum Gasteiger partial charge on any atom is 0.323 e. The molecule has 0 spiro atoms. The Balaban J connectivity index is 2.11. The second-order valence-electron chi connectivity index (χ2n) is 4.92. The number of amides is 2. The van der Waals surface area contributed by atoms with Crippen molar-refractivity contribution in [3.8, 4) is 0 Å². The third kappa shape index (κ3) is 3.81. The molecule has 1 heterocycles. The Morgan fingerprint density at radius 2 is 1.90 bits per heavy atom. The molecule has 0 bridgehead atoms. The van der Waals surface area contributed by atoms with Crippen molar-refractivity contribution in [2.45, 2.75) is 33.6 Å². The molecule has 1 aromatic carbocycles. The fourth-order valence-electron chi connectivity index (χ4n) is 2.33. The number of urea groups is 1. The number of aromatic nitrogens is 1. The molecule has 0 atom stereocenters. The Bertz CT molecular complexity index is 620. The van der Waals surface area contributed by atoms with Crippen LogP contribution in [0, 0.1) is 6.92 Å². The monoisotopic (exact) mass is 283 g/mol. The molecule has 110 valence electrons. The van der Waals surface area contributed by atoms with Gasteiger partial charge in [-0.2, -0.15) is 0 Å². The SMILES string of the molecule is CCc1cccc(NC(=O)Nc2ccc(C)nc2)c1CC. The van der Waals surface area contributed by atoms with Crippen LogP contribution in [0.1, 0.15) is 30.7 Å². The highest BCUT2D eigenvalue weighted by molar-refractivity contribution is 6.00. The summed E-state index contributed by atoms with van der Waals surface area (Å²) in [5, 5.41) is 5.72. The average molecular weight is 283 g/mol. The van der Waals surface area contributed by atoms with E-state index in [1.54, 1.807) is 6.20 Å². The quantitative estimate of drug-likeness (QED) is 0.885. The van der Waals surface area contributed by atoms with Gasteiger partial charge >= 0.3 is 6.03 Å². The van der Waals surface area contributed by atoms with Crippen molar-refractivity contribution >= 4 is 17.4 Å². The molecule has 0 radical (unpaired) electrons. The summed E-state index contributed by atoms with van der Waals surface area (Å²) in [6.07, 6.45) is 3.51. The summed E-state index contributed by atoms with van der Waals surface area (Å²) in [7, 11) is 0. The highest BCUT2D eigenvalue weighted by Gasteiger charge is 2.09. The van der Waals surface area contributed by atoms with E-state index in [-0.39, 0.29) is 6.03 Å². The lowest BCUT2D eigenvalue weighted by Crippen LogP contribution is -2.20. The molecular weight excluding hydrogens is 262 g/mol. The van der Waals surface area contributed by atoms with Crippen molar-refractivity contribution < 1.29 is 4.79 Å². The van der Waals surface area contributed by atoms with E-state index in [9.17, 15) is 4.79 Å². The van der Waals surface area contributed by atoms with Gasteiger partial charge in [0.15, 0.2) is 0 Å². The van der Waals surface area contributed by atoms with Gasteiger partial charge in [0.25, 0.3) is 0 Å². The third-order valence-corrected chi connectivity index (χ3v) is 3.42. The van der Waals surface area contributed by atoms with Gasteiger partial charge in [-0.25, -0.2) is 4.79 Å². The molecule has 2 amide bonds. The predicted octanol–water partition coefficient (Wildman–Crippen LogP) is 4.16. The first-order valence-electron chi connectivity index (χ1n) is 7.25. The molecule has 0 aliphatic rings. The van der Waals surface area contributed by atoms with Crippen LogP contribution in [0.5, 0.6) is 0 Å². The minimum atomic E-state index is -0.247. The van der Waals surface area contributed by atoms with Crippen LogP contribution in [-0.4, -0.2) is 11.0 Å². The summed E-state index contributed by atoms with van der Waals surface area (Å²) in [6.45, 7) is 6.13. The van der Waals surface area contributed by atoms with Gasteiger partial charge in [-0.1, -0.05) is 26.0 Å². The molecule has 1 aromatic heterocycles. The Hall–Kier alpha value is -2.36. The minimum Gasteiger partial charge on any atom is -0.307 e. The maximum atomic E-state index is 12.1. The molecule has 0 aliphatic heterocycles. The van der Waals surface area contributed by atoms with Crippen molar-refractivity contribution in [1.82, 2.24) is 4.98 Å². The van der Waals surface area contributed by atoms with Gasteiger partial charge in [-0.05, 0) is 49.1 Å². The van der Waals surface area contributed by atoms with Crippen LogP contribution in [0.25, 0.3) is 0 Å². The summed E-state index contributed by atoms with van der Waals surface area (Å²) in [6, 6.07) is 9.47. The first-order chi connectivity index (χ1) is 10.1. The number of carbonyl (C=O) groups is 1. The molecular formula is C17H21N3O. The summed E-state index contributed by atoms with van der Waals surface area (Å²) in [5.74, 6) is 0. The largest absolute Gasteiger partial charge is 0.323 e. The van der Waals surface area contributed by atoms with E-state index < -0.39 is 0 Å². The maximum absolute atomic E-state index is 12.1. The van der Waals surface area contributed by atoms with Gasteiger partial charge in [0, 0.05) is 11.4 Å². The van der Waals surface area contributed by atoms with E-state index in [1.165, 1.54) is 11.1 Å². The first kappa shape index (κ1) is 15.0. The number of hydrogen-bond donors (Lipinski definition) is 2. The van der Waals surface area contributed by atoms with Crippen molar-refractivity contribution in [2.75, 3.05) is 10.6 Å². The number of nitrogens with one attached hydrogen (secondary N) is 2. The topological polar surface area (TPSA) is 54.0 Å². The van der Waals surface area contributed by atoms with E-state index in [2.05, 4.69) is 35.5 Å². The normalized spacial score (nSPS) is 10.2. The number of rotatable bonds is 4. The molecule has 0 saturated carbocycles. The zero-order valence-corrected chi connectivity index (χ0v) is 12.7. The fourth-order valence-corrected chi connectivity index (χ4v) is 2.33. The summed E-state index contributed by atoms with van der Waals surface area (Å²) in [4.78, 5) is 16.2. The van der Waals surface area contributed by atoms with Crippen LogP contribution < -0.4 is 10.6 Å². The highest BCUT2D eigenvalue weighted by atomic mass is 16.2. The van der Waals surface area contributed by atoms with Crippen LogP contribution in [0.4, 0.5) is 16.2 Å². The molecule has 4 heteroatoms. The van der Waals surface area contributed by atoms with Gasteiger partial charge in [0.2, 0.25) is 0 Å². The second-order valence-corrected chi connectivity index (χ2v) is 4.92. The molecule has 2 aromatic rings. The van der Waals surface area contributed by atoms with E-state index in [0.717, 1.165) is 24.2 Å². The zero-order valence-electron chi connectivity index (χ0n) is 12.7. The van der Waals surface area contributed by atoms with E-state index in [1.807, 2.05) is 31.2 Å². The molecule has 0 fully saturated rings. The number of hydrogen-bond acceptors (Lipinski definition) is 2. The van der Waals surface area contributed by atoms with Crippen molar-refractivity contribution in [3.05, 3.63) is 53.3 Å². The molecule has 4 nitrogen and oxygen atoms in total. The molecule has 21 heavy (non-hydrogen) atoms. The second kappa shape index (κ2) is 6.88. The molecule has 0 aliphatic carbocycles. The summed E-state index contributed by atoms with van der Waals surface area (Å²) < 4.78 is 0.